The minimum Gasteiger partial charge on any atom is -0.496 e. The second-order valence-corrected chi connectivity index (χ2v) is 8.31. The Morgan fingerprint density at radius 1 is 1.31 bits per heavy atom. The van der Waals surface area contributed by atoms with Crippen LogP contribution in [0.1, 0.15) is 55.6 Å². The summed E-state index contributed by atoms with van der Waals surface area (Å²) in [6.45, 7) is 7.38. The van der Waals surface area contributed by atoms with Crippen molar-refractivity contribution in [3.05, 3.63) is 60.0 Å². The van der Waals surface area contributed by atoms with Crippen LogP contribution >= 0.6 is 0 Å². The van der Waals surface area contributed by atoms with Crippen LogP contribution in [0.3, 0.4) is 0 Å². The number of methoxy groups -OCH3 is 1. The number of pyridine rings is 1. The molecule has 152 valence electrons. The number of likely N-dealkylation sites (tertiary alicyclic amines) is 1. The summed E-state index contributed by atoms with van der Waals surface area (Å²) in [4.78, 5) is 23.3. The summed E-state index contributed by atoms with van der Waals surface area (Å²) >= 11 is 0. The number of ether oxygens (including phenoxy) is 1. The number of aromatic nitrogens is 2. The molecule has 1 amide bonds. The molecule has 2 atom stereocenters. The highest BCUT2D eigenvalue weighted by Crippen LogP contribution is 2.46. The SMILES string of the molecule is CCC1(C(C)C)CC(c2ccncc2)CN1C(=O)c1cc2c(OC)cccc2[nH]1. The Labute approximate surface area is 172 Å². The predicted octanol–water partition coefficient (Wildman–Crippen LogP) is 5.01. The summed E-state index contributed by atoms with van der Waals surface area (Å²) in [7, 11) is 1.66. The molecule has 5 heteroatoms. The Kier molecular flexibility index (Phi) is 5.07. The topological polar surface area (TPSA) is 58.2 Å². The van der Waals surface area contributed by atoms with Crippen LogP contribution in [0.5, 0.6) is 5.75 Å². The second-order valence-electron chi connectivity index (χ2n) is 8.31. The normalized spacial score (nSPS) is 21.8. The number of rotatable bonds is 5. The van der Waals surface area contributed by atoms with Crippen molar-refractivity contribution in [2.45, 2.75) is 45.1 Å². The van der Waals surface area contributed by atoms with Gasteiger partial charge in [-0.3, -0.25) is 9.78 Å². The molecule has 2 aromatic heterocycles. The number of hydrogen-bond acceptors (Lipinski definition) is 3. The third-order valence-corrected chi connectivity index (χ3v) is 6.72. The fraction of sp³-hybridized carbons (Fsp3) is 0.417. The Hall–Kier alpha value is -2.82. The maximum absolute atomic E-state index is 13.7. The first kappa shape index (κ1) is 19.5. The monoisotopic (exact) mass is 391 g/mol. The number of fused-ring (bicyclic) bond motifs is 1. The maximum Gasteiger partial charge on any atom is 0.270 e. The zero-order valence-electron chi connectivity index (χ0n) is 17.6. The molecule has 1 aromatic carbocycles. The number of H-pyrrole nitrogens is 1. The average molecular weight is 392 g/mol. The van der Waals surface area contributed by atoms with E-state index in [-0.39, 0.29) is 11.4 Å². The molecule has 4 rings (SSSR count). The molecule has 1 saturated heterocycles. The van der Waals surface area contributed by atoms with E-state index in [1.165, 1.54) is 5.56 Å². The summed E-state index contributed by atoms with van der Waals surface area (Å²) in [5.41, 5.74) is 2.64. The van der Waals surface area contributed by atoms with Crippen LogP contribution in [-0.2, 0) is 0 Å². The molecule has 1 aliphatic heterocycles. The molecule has 1 fully saturated rings. The third-order valence-electron chi connectivity index (χ3n) is 6.72. The van der Waals surface area contributed by atoms with Gasteiger partial charge in [-0.2, -0.15) is 0 Å². The molecule has 5 nitrogen and oxygen atoms in total. The first-order chi connectivity index (χ1) is 14.0. The molecule has 0 spiro atoms. The highest BCUT2D eigenvalue weighted by molar-refractivity contribution is 6.00. The van der Waals surface area contributed by atoms with Crippen LogP contribution < -0.4 is 4.74 Å². The minimum absolute atomic E-state index is 0.0651. The smallest absolute Gasteiger partial charge is 0.270 e. The van der Waals surface area contributed by atoms with Crippen LogP contribution in [0.2, 0.25) is 0 Å². The lowest BCUT2D eigenvalue weighted by molar-refractivity contribution is 0.0458. The number of hydrogen-bond donors (Lipinski definition) is 1. The van der Waals surface area contributed by atoms with E-state index in [9.17, 15) is 4.79 Å². The summed E-state index contributed by atoms with van der Waals surface area (Å²) < 4.78 is 5.47. The highest BCUT2D eigenvalue weighted by Gasteiger charge is 2.49. The molecule has 29 heavy (non-hydrogen) atoms. The van der Waals surface area contributed by atoms with Gasteiger partial charge < -0.3 is 14.6 Å². The molecule has 3 aromatic rings. The van der Waals surface area contributed by atoms with Gasteiger partial charge in [0.2, 0.25) is 0 Å². The number of nitrogens with zero attached hydrogens (tertiary/aromatic N) is 2. The van der Waals surface area contributed by atoms with Gasteiger partial charge in [-0.05, 0) is 54.7 Å². The number of carbonyl (C=O) groups is 1. The van der Waals surface area contributed by atoms with Gasteiger partial charge in [-0.25, -0.2) is 0 Å². The van der Waals surface area contributed by atoms with E-state index < -0.39 is 0 Å². The van der Waals surface area contributed by atoms with E-state index >= 15 is 0 Å². The maximum atomic E-state index is 13.7. The van der Waals surface area contributed by atoms with Crippen molar-refractivity contribution in [2.75, 3.05) is 13.7 Å². The highest BCUT2D eigenvalue weighted by atomic mass is 16.5. The van der Waals surface area contributed by atoms with Gasteiger partial charge in [0, 0.05) is 41.3 Å². The van der Waals surface area contributed by atoms with Crippen molar-refractivity contribution < 1.29 is 9.53 Å². The van der Waals surface area contributed by atoms with Crippen LogP contribution in [-0.4, -0.2) is 40.0 Å². The zero-order valence-corrected chi connectivity index (χ0v) is 17.6. The number of aromatic amines is 1. The van der Waals surface area contributed by atoms with Crippen molar-refractivity contribution in [1.29, 1.82) is 0 Å². The molecular weight excluding hydrogens is 362 g/mol. The van der Waals surface area contributed by atoms with Crippen LogP contribution in [0, 0.1) is 5.92 Å². The van der Waals surface area contributed by atoms with E-state index in [1.807, 2.05) is 36.7 Å². The molecule has 0 bridgehead atoms. The fourth-order valence-electron chi connectivity index (χ4n) is 5.00. The van der Waals surface area contributed by atoms with Crippen molar-refractivity contribution in [3.8, 4) is 5.75 Å². The lowest BCUT2D eigenvalue weighted by Crippen LogP contribution is -2.50. The van der Waals surface area contributed by atoms with Crippen LogP contribution in [0.4, 0.5) is 0 Å². The van der Waals surface area contributed by atoms with E-state index in [2.05, 4.69) is 47.8 Å². The lowest BCUT2D eigenvalue weighted by Gasteiger charge is -2.41. The Morgan fingerprint density at radius 3 is 2.72 bits per heavy atom. The van der Waals surface area contributed by atoms with Crippen molar-refractivity contribution in [2.24, 2.45) is 5.92 Å². The predicted molar refractivity (Wildman–Crippen MR) is 115 cm³/mol. The van der Waals surface area contributed by atoms with Crippen molar-refractivity contribution >= 4 is 16.8 Å². The van der Waals surface area contributed by atoms with Gasteiger partial charge in [0.15, 0.2) is 0 Å². The van der Waals surface area contributed by atoms with Crippen molar-refractivity contribution in [3.63, 3.8) is 0 Å². The molecule has 0 radical (unpaired) electrons. The lowest BCUT2D eigenvalue weighted by atomic mass is 9.78. The van der Waals surface area contributed by atoms with Gasteiger partial charge >= 0.3 is 0 Å². The van der Waals surface area contributed by atoms with Gasteiger partial charge in [0.05, 0.1) is 7.11 Å². The molecule has 0 saturated carbocycles. The second kappa shape index (κ2) is 7.54. The summed E-state index contributed by atoms with van der Waals surface area (Å²) in [5.74, 6) is 1.53. The minimum atomic E-state index is -0.160. The molecule has 3 heterocycles. The summed E-state index contributed by atoms with van der Waals surface area (Å²) in [6.07, 6.45) is 5.58. The number of benzene rings is 1. The van der Waals surface area contributed by atoms with Crippen molar-refractivity contribution in [1.82, 2.24) is 14.9 Å². The largest absolute Gasteiger partial charge is 0.496 e. The van der Waals surface area contributed by atoms with Gasteiger partial charge in [-0.1, -0.05) is 26.8 Å². The number of carbonyl (C=O) groups excluding carboxylic acids is 1. The number of nitrogens with one attached hydrogen (secondary N) is 1. The number of amides is 1. The van der Waals surface area contributed by atoms with E-state index in [4.69, 9.17) is 4.74 Å². The summed E-state index contributed by atoms with van der Waals surface area (Å²) in [6, 6.07) is 11.9. The van der Waals surface area contributed by atoms with E-state index in [1.54, 1.807) is 7.11 Å². The molecule has 2 unspecified atom stereocenters. The van der Waals surface area contributed by atoms with Gasteiger partial charge in [0.1, 0.15) is 11.4 Å². The van der Waals surface area contributed by atoms with E-state index in [0.29, 0.717) is 17.5 Å². The Bertz CT molecular complexity index is 1010. The zero-order chi connectivity index (χ0) is 20.6. The van der Waals surface area contributed by atoms with Crippen LogP contribution in [0.25, 0.3) is 10.9 Å². The Morgan fingerprint density at radius 2 is 2.07 bits per heavy atom. The first-order valence-corrected chi connectivity index (χ1v) is 10.4. The molecular formula is C24H29N3O2. The van der Waals surface area contributed by atoms with Crippen LogP contribution in [0.15, 0.2) is 48.8 Å². The average Bonchev–Trinajstić information content (AvgIpc) is 3.36. The molecule has 1 aliphatic rings. The van der Waals surface area contributed by atoms with Gasteiger partial charge in [-0.15, -0.1) is 0 Å². The fourth-order valence-corrected chi connectivity index (χ4v) is 5.00. The Balaban J connectivity index is 1.73. The molecule has 1 N–H and O–H groups in total. The van der Waals surface area contributed by atoms with E-state index in [0.717, 1.165) is 36.0 Å². The first-order valence-electron chi connectivity index (χ1n) is 10.4. The summed E-state index contributed by atoms with van der Waals surface area (Å²) in [5, 5.41) is 0.940. The standard InChI is InChI=1S/C24H29N3O2/c1-5-24(16(2)3)14-18(17-9-11-25-12-10-17)15-27(24)23(28)21-13-19-20(26-21)7-6-8-22(19)29-4/h6-13,16,18,26H,5,14-15H2,1-4H3. The third kappa shape index (κ3) is 3.18. The molecule has 0 aliphatic carbocycles. The van der Waals surface area contributed by atoms with Gasteiger partial charge in [0.25, 0.3) is 5.91 Å². The quantitative estimate of drug-likeness (QED) is 0.665.